The Kier molecular flexibility index (Phi) is 6.98. The third-order valence-corrected chi connectivity index (χ3v) is 8.15. The third-order valence-electron chi connectivity index (χ3n) is 8.15. The van der Waals surface area contributed by atoms with Crippen molar-refractivity contribution < 1.29 is 9.90 Å². The fourth-order valence-electron chi connectivity index (χ4n) is 6.03. The molecule has 43 heavy (non-hydrogen) atoms. The first-order chi connectivity index (χ1) is 20.7. The second-order valence-electron chi connectivity index (χ2n) is 11.0. The minimum absolute atomic E-state index is 0.130. The smallest absolute Gasteiger partial charge is 0.337 e. The number of aryl methyl sites for hydroxylation is 2. The Bertz CT molecular complexity index is 2000. The lowest BCUT2D eigenvalue weighted by Gasteiger charge is -2.37. The number of carbonyl (C=O) groups is 1. The van der Waals surface area contributed by atoms with Crippen LogP contribution in [0.3, 0.4) is 0 Å². The lowest BCUT2D eigenvalue weighted by molar-refractivity contribution is 0.0698. The summed E-state index contributed by atoms with van der Waals surface area (Å²) in [5, 5.41) is 27.7. The molecule has 0 spiro atoms. The van der Waals surface area contributed by atoms with Crippen molar-refractivity contribution in [1.29, 1.82) is 5.26 Å². The summed E-state index contributed by atoms with van der Waals surface area (Å²) >= 11 is 0. The van der Waals surface area contributed by atoms with Gasteiger partial charge in [-0.3, -0.25) is 13.9 Å². The molecule has 5 aromatic rings. The van der Waals surface area contributed by atoms with E-state index in [1.807, 2.05) is 46.0 Å². The second kappa shape index (κ2) is 10.8. The number of para-hydroxylation sites is 2. The number of piperazine rings is 1. The van der Waals surface area contributed by atoms with Crippen molar-refractivity contribution in [3.8, 4) is 6.07 Å². The Morgan fingerprint density at radius 3 is 2.51 bits per heavy atom. The molecule has 1 aliphatic heterocycles. The van der Waals surface area contributed by atoms with Crippen LogP contribution in [-0.2, 0) is 7.05 Å². The zero-order valence-corrected chi connectivity index (χ0v) is 24.5. The number of pyridine rings is 1. The molecule has 1 atom stereocenters. The predicted molar refractivity (Wildman–Crippen MR) is 166 cm³/mol. The van der Waals surface area contributed by atoms with E-state index in [1.54, 1.807) is 39.5 Å². The lowest BCUT2D eigenvalue weighted by atomic mass is 10.1. The van der Waals surface area contributed by atoms with Gasteiger partial charge < -0.3 is 20.2 Å². The molecule has 3 aromatic heterocycles. The van der Waals surface area contributed by atoms with E-state index in [0.29, 0.717) is 54.6 Å². The van der Waals surface area contributed by atoms with Crippen molar-refractivity contribution in [1.82, 2.24) is 19.2 Å². The number of nitrogens with one attached hydrogen (secondary N) is 1. The van der Waals surface area contributed by atoms with Gasteiger partial charge in [-0.25, -0.2) is 9.78 Å². The van der Waals surface area contributed by atoms with Crippen molar-refractivity contribution >= 4 is 39.7 Å². The first-order valence-electron chi connectivity index (χ1n) is 14.2. The predicted octanol–water partition coefficient (Wildman–Crippen LogP) is 4.27. The Labute approximate surface area is 248 Å². The molecule has 2 aromatic carbocycles. The van der Waals surface area contributed by atoms with Gasteiger partial charge in [-0.05, 0) is 56.7 Å². The summed E-state index contributed by atoms with van der Waals surface area (Å²) in [5.74, 6) is -0.362. The Hall–Kier alpha value is -5.37. The highest BCUT2D eigenvalue weighted by molar-refractivity contribution is 5.95. The molecular weight excluding hydrogens is 544 g/mol. The quantitative estimate of drug-likeness (QED) is 0.304. The maximum Gasteiger partial charge on any atom is 0.337 e. The van der Waals surface area contributed by atoms with Gasteiger partial charge in [0.05, 0.1) is 28.4 Å². The number of hydrogen-bond acceptors (Lipinski definition) is 8. The van der Waals surface area contributed by atoms with Crippen LogP contribution in [0.5, 0.6) is 0 Å². The molecule has 11 heteroatoms. The monoisotopic (exact) mass is 576 g/mol. The molecule has 4 heterocycles. The van der Waals surface area contributed by atoms with Gasteiger partial charge in [0, 0.05) is 56.1 Å². The molecule has 0 saturated carbocycles. The molecule has 0 unspecified atom stereocenters. The van der Waals surface area contributed by atoms with E-state index >= 15 is 0 Å². The molecule has 0 radical (unpaired) electrons. The van der Waals surface area contributed by atoms with Gasteiger partial charge in [-0.2, -0.15) is 10.4 Å². The Morgan fingerprint density at radius 1 is 1.07 bits per heavy atom. The summed E-state index contributed by atoms with van der Waals surface area (Å²) < 4.78 is 3.36. The fourth-order valence-corrected chi connectivity index (χ4v) is 6.03. The number of nitriles is 1. The van der Waals surface area contributed by atoms with Gasteiger partial charge in [-0.15, -0.1) is 0 Å². The van der Waals surface area contributed by atoms with Gasteiger partial charge in [0.2, 0.25) is 0 Å². The van der Waals surface area contributed by atoms with Gasteiger partial charge in [-0.1, -0.05) is 18.2 Å². The SMILES string of the molecule is Cc1cc([C@@H](C)Nc2ccccc2C(=O)O)c2nc(N3CCN(c4cccc5c(C#N)nn(C)c45)CC3)c(C)c(=O)n2c1. The maximum absolute atomic E-state index is 13.7. The molecule has 2 N–H and O–H groups in total. The lowest BCUT2D eigenvalue weighted by Crippen LogP contribution is -2.47. The Morgan fingerprint density at radius 2 is 1.79 bits per heavy atom. The molecule has 1 fully saturated rings. The van der Waals surface area contributed by atoms with E-state index in [4.69, 9.17) is 4.98 Å². The summed E-state index contributed by atoms with van der Waals surface area (Å²) in [5.41, 5.74) is 5.72. The number of aromatic nitrogens is 4. The van der Waals surface area contributed by atoms with Crippen molar-refractivity contribution in [2.24, 2.45) is 7.05 Å². The van der Waals surface area contributed by atoms with Crippen LogP contribution < -0.4 is 20.7 Å². The van der Waals surface area contributed by atoms with Gasteiger partial charge in [0.25, 0.3) is 5.56 Å². The van der Waals surface area contributed by atoms with Crippen LogP contribution >= 0.6 is 0 Å². The number of fused-ring (bicyclic) bond motifs is 2. The highest BCUT2D eigenvalue weighted by Crippen LogP contribution is 2.31. The van der Waals surface area contributed by atoms with E-state index in [1.165, 1.54) is 0 Å². The van der Waals surface area contributed by atoms with E-state index in [-0.39, 0.29) is 17.2 Å². The first-order valence-corrected chi connectivity index (χ1v) is 14.2. The molecule has 218 valence electrons. The van der Waals surface area contributed by atoms with E-state index in [0.717, 1.165) is 27.7 Å². The number of anilines is 3. The molecule has 0 aliphatic carbocycles. The molecule has 0 amide bonds. The van der Waals surface area contributed by atoms with Crippen LogP contribution in [0.25, 0.3) is 16.6 Å². The molecule has 1 saturated heterocycles. The summed E-state index contributed by atoms with van der Waals surface area (Å²) in [6.07, 6.45) is 1.80. The van der Waals surface area contributed by atoms with E-state index < -0.39 is 5.97 Å². The number of aromatic carboxylic acids is 1. The van der Waals surface area contributed by atoms with Crippen LogP contribution in [0.4, 0.5) is 17.2 Å². The minimum atomic E-state index is -1.01. The summed E-state index contributed by atoms with van der Waals surface area (Å²) in [6, 6.07) is 16.6. The number of nitrogens with zero attached hydrogens (tertiary/aromatic N) is 7. The normalized spacial score (nSPS) is 14.2. The van der Waals surface area contributed by atoms with Crippen LogP contribution in [0, 0.1) is 25.2 Å². The molecule has 11 nitrogen and oxygen atoms in total. The number of benzene rings is 2. The van der Waals surface area contributed by atoms with Crippen molar-refractivity contribution in [2.45, 2.75) is 26.8 Å². The Balaban J connectivity index is 1.33. The van der Waals surface area contributed by atoms with Crippen LogP contribution in [0.15, 0.2) is 59.5 Å². The van der Waals surface area contributed by atoms with Crippen molar-refractivity contribution in [3.05, 3.63) is 93.0 Å². The zero-order chi connectivity index (χ0) is 30.4. The van der Waals surface area contributed by atoms with Gasteiger partial charge in [0.15, 0.2) is 5.69 Å². The molecular formula is C32H32N8O3. The standard InChI is InChI=1S/C32H32N8O3/c1-19-16-24(21(3)34-25-10-6-5-8-23(25)32(42)43)30-35-29(20(2)31(41)40(30)18-19)39-14-12-38(13-15-39)27-11-7-9-22-26(17-33)36-37(4)28(22)27/h5-11,16,18,21,34H,12-15H2,1-4H3,(H,42,43)/t21-/m1/s1. The molecule has 1 aliphatic rings. The number of hydrogen-bond donors (Lipinski definition) is 2. The topological polar surface area (TPSA) is 132 Å². The third kappa shape index (κ3) is 4.80. The summed E-state index contributed by atoms with van der Waals surface area (Å²) in [7, 11) is 1.86. The van der Waals surface area contributed by atoms with Gasteiger partial charge >= 0.3 is 5.97 Å². The number of carboxylic acids is 1. The average molecular weight is 577 g/mol. The highest BCUT2D eigenvalue weighted by atomic mass is 16.4. The van der Waals surface area contributed by atoms with Crippen LogP contribution in [0.1, 0.15) is 45.7 Å². The second-order valence-corrected chi connectivity index (χ2v) is 11.0. The summed E-state index contributed by atoms with van der Waals surface area (Å²) in [4.78, 5) is 35.0. The number of carboxylic acid groups (broad SMARTS) is 1. The van der Waals surface area contributed by atoms with E-state index in [2.05, 4.69) is 32.4 Å². The van der Waals surface area contributed by atoms with E-state index in [9.17, 15) is 20.0 Å². The highest BCUT2D eigenvalue weighted by Gasteiger charge is 2.25. The van der Waals surface area contributed by atoms with Crippen LogP contribution in [0.2, 0.25) is 0 Å². The van der Waals surface area contributed by atoms with Crippen molar-refractivity contribution in [3.63, 3.8) is 0 Å². The van der Waals surface area contributed by atoms with Gasteiger partial charge in [0.1, 0.15) is 17.5 Å². The minimum Gasteiger partial charge on any atom is -0.478 e. The summed E-state index contributed by atoms with van der Waals surface area (Å²) in [6.45, 7) is 8.41. The van der Waals surface area contributed by atoms with Crippen molar-refractivity contribution in [2.75, 3.05) is 41.3 Å². The first kappa shape index (κ1) is 27.8. The molecule has 6 rings (SSSR count). The largest absolute Gasteiger partial charge is 0.478 e. The average Bonchev–Trinajstić information content (AvgIpc) is 3.34. The fraction of sp³-hybridized carbons (Fsp3) is 0.281. The molecule has 0 bridgehead atoms. The maximum atomic E-state index is 13.7. The number of rotatable bonds is 6. The zero-order valence-electron chi connectivity index (χ0n) is 24.5. The van der Waals surface area contributed by atoms with Crippen LogP contribution in [-0.4, -0.2) is 56.4 Å².